The number of benzene rings is 3. The van der Waals surface area contributed by atoms with E-state index in [1.165, 1.54) is 4.31 Å². The molecule has 1 amide bonds. The van der Waals surface area contributed by atoms with Crippen molar-refractivity contribution in [1.29, 1.82) is 0 Å². The molecular formula is C30H31ClN2O4S2. The Kier molecular flexibility index (Phi) is 8.57. The van der Waals surface area contributed by atoms with Crippen molar-refractivity contribution in [2.24, 2.45) is 0 Å². The van der Waals surface area contributed by atoms with Crippen molar-refractivity contribution in [2.75, 3.05) is 26.2 Å². The van der Waals surface area contributed by atoms with Gasteiger partial charge >= 0.3 is 0 Å². The van der Waals surface area contributed by atoms with E-state index in [-0.39, 0.29) is 5.91 Å². The van der Waals surface area contributed by atoms with Crippen molar-refractivity contribution in [2.45, 2.75) is 37.6 Å². The number of hydrogen-bond donors (Lipinski definition) is 0. The van der Waals surface area contributed by atoms with Gasteiger partial charge in [-0.15, -0.1) is 11.3 Å². The van der Waals surface area contributed by atoms with Crippen molar-refractivity contribution in [3.8, 4) is 5.75 Å². The highest BCUT2D eigenvalue weighted by molar-refractivity contribution is 7.89. The second-order valence-corrected chi connectivity index (χ2v) is 12.9. The van der Waals surface area contributed by atoms with Crippen molar-refractivity contribution < 1.29 is 17.9 Å². The summed E-state index contributed by atoms with van der Waals surface area (Å²) in [4.78, 5) is 16.1. The number of carbonyl (C=O) groups is 1. The predicted octanol–water partition coefficient (Wildman–Crippen LogP) is 6.62. The molecule has 5 rings (SSSR count). The van der Waals surface area contributed by atoms with E-state index in [2.05, 4.69) is 0 Å². The maximum atomic E-state index is 13.9. The lowest BCUT2D eigenvalue weighted by Crippen LogP contribution is -2.41. The third-order valence-electron chi connectivity index (χ3n) is 6.89. The summed E-state index contributed by atoms with van der Waals surface area (Å²) >= 11 is 7.90. The molecule has 0 bridgehead atoms. The Balaban J connectivity index is 1.40. The standard InChI is InChI=1S/C30H31ClN2O4S2/c1-2-18-37-28-13-10-24(31)19-23(28)20-32(30(34)27-21-38-29-7-4-3-6-26(27)29)17-14-22-8-11-25(12-9-22)39(35,36)33-15-5-16-33/h3-4,6-13,19,21H,2,5,14-18,20H2,1H3. The Morgan fingerprint density at radius 2 is 1.85 bits per heavy atom. The van der Waals surface area contributed by atoms with Gasteiger partial charge in [-0.05, 0) is 61.2 Å². The lowest BCUT2D eigenvalue weighted by Gasteiger charge is -2.29. The van der Waals surface area contributed by atoms with Gasteiger partial charge in [0.15, 0.2) is 0 Å². The van der Waals surface area contributed by atoms with Gasteiger partial charge < -0.3 is 9.64 Å². The van der Waals surface area contributed by atoms with Crippen LogP contribution in [-0.4, -0.2) is 49.8 Å². The smallest absolute Gasteiger partial charge is 0.255 e. The van der Waals surface area contributed by atoms with Gasteiger partial charge in [-0.25, -0.2) is 8.42 Å². The third-order valence-corrected chi connectivity index (χ3v) is 10.0. The predicted molar refractivity (Wildman–Crippen MR) is 157 cm³/mol. The second-order valence-electron chi connectivity index (χ2n) is 9.62. The Morgan fingerprint density at radius 1 is 1.08 bits per heavy atom. The molecule has 1 saturated heterocycles. The molecule has 1 aliphatic heterocycles. The van der Waals surface area contributed by atoms with Gasteiger partial charge in [0.05, 0.1) is 17.1 Å². The molecule has 39 heavy (non-hydrogen) atoms. The first-order valence-electron chi connectivity index (χ1n) is 13.1. The van der Waals surface area contributed by atoms with Gasteiger partial charge in [-0.2, -0.15) is 4.31 Å². The summed E-state index contributed by atoms with van der Waals surface area (Å²) in [6.45, 7) is 4.56. The molecule has 0 radical (unpaired) electrons. The fourth-order valence-electron chi connectivity index (χ4n) is 4.57. The zero-order valence-corrected chi connectivity index (χ0v) is 24.2. The lowest BCUT2D eigenvalue weighted by atomic mass is 10.1. The number of nitrogens with zero attached hydrogens (tertiary/aromatic N) is 2. The number of ether oxygens (including phenoxy) is 1. The van der Waals surface area contributed by atoms with Crippen LogP contribution >= 0.6 is 22.9 Å². The van der Waals surface area contributed by atoms with Crippen LogP contribution in [0.1, 0.15) is 41.3 Å². The molecular weight excluding hydrogens is 552 g/mol. The Morgan fingerprint density at radius 3 is 2.56 bits per heavy atom. The Labute approximate surface area is 238 Å². The van der Waals surface area contributed by atoms with Crippen LogP contribution in [0, 0.1) is 0 Å². The molecule has 0 N–H and O–H groups in total. The monoisotopic (exact) mass is 582 g/mol. The van der Waals surface area contributed by atoms with E-state index in [9.17, 15) is 13.2 Å². The van der Waals surface area contributed by atoms with Crippen LogP contribution in [0.2, 0.25) is 5.02 Å². The molecule has 9 heteroatoms. The summed E-state index contributed by atoms with van der Waals surface area (Å²) in [6.07, 6.45) is 2.34. The highest BCUT2D eigenvalue weighted by Crippen LogP contribution is 2.30. The molecule has 4 aromatic rings. The number of thiophene rings is 1. The highest BCUT2D eigenvalue weighted by atomic mass is 35.5. The van der Waals surface area contributed by atoms with E-state index in [4.69, 9.17) is 16.3 Å². The van der Waals surface area contributed by atoms with Crippen LogP contribution in [0.3, 0.4) is 0 Å². The molecule has 0 unspecified atom stereocenters. The molecule has 1 aromatic heterocycles. The van der Waals surface area contributed by atoms with Crippen LogP contribution in [-0.2, 0) is 23.0 Å². The molecule has 6 nitrogen and oxygen atoms in total. The van der Waals surface area contributed by atoms with Crippen molar-refractivity contribution in [3.63, 3.8) is 0 Å². The molecule has 0 spiro atoms. The summed E-state index contributed by atoms with van der Waals surface area (Å²) in [7, 11) is -3.43. The largest absolute Gasteiger partial charge is 0.493 e. The first kappa shape index (κ1) is 27.6. The average molecular weight is 583 g/mol. The molecule has 1 fully saturated rings. The van der Waals surface area contributed by atoms with Crippen molar-refractivity contribution in [1.82, 2.24) is 9.21 Å². The van der Waals surface area contributed by atoms with Crippen LogP contribution < -0.4 is 4.74 Å². The topological polar surface area (TPSA) is 66.9 Å². The minimum Gasteiger partial charge on any atom is -0.493 e. The minimum absolute atomic E-state index is 0.0640. The van der Waals surface area contributed by atoms with E-state index in [1.54, 1.807) is 29.5 Å². The van der Waals surface area contributed by atoms with Gasteiger partial charge in [0.2, 0.25) is 10.0 Å². The highest BCUT2D eigenvalue weighted by Gasteiger charge is 2.29. The number of rotatable bonds is 11. The van der Waals surface area contributed by atoms with E-state index in [0.717, 1.165) is 39.8 Å². The third kappa shape index (κ3) is 6.14. The Hall–Kier alpha value is -2.91. The first-order valence-corrected chi connectivity index (χ1v) is 15.8. The average Bonchev–Trinajstić information content (AvgIpc) is 3.33. The van der Waals surface area contributed by atoms with Crippen LogP contribution in [0.4, 0.5) is 0 Å². The number of hydrogen-bond acceptors (Lipinski definition) is 5. The van der Waals surface area contributed by atoms with Crippen LogP contribution in [0.5, 0.6) is 5.75 Å². The van der Waals surface area contributed by atoms with E-state index in [0.29, 0.717) is 54.7 Å². The molecule has 3 aromatic carbocycles. The number of carbonyl (C=O) groups excluding carboxylic acids is 1. The van der Waals surface area contributed by atoms with Gasteiger partial charge in [0, 0.05) is 52.2 Å². The first-order chi connectivity index (χ1) is 18.9. The van der Waals surface area contributed by atoms with Crippen molar-refractivity contribution in [3.05, 3.63) is 93.8 Å². The van der Waals surface area contributed by atoms with Crippen molar-refractivity contribution >= 4 is 49.0 Å². The summed E-state index contributed by atoms with van der Waals surface area (Å²) in [6, 6.07) is 20.4. The molecule has 0 saturated carbocycles. The summed E-state index contributed by atoms with van der Waals surface area (Å²) in [5, 5.41) is 3.44. The second kappa shape index (κ2) is 12.1. The zero-order chi connectivity index (χ0) is 27.4. The summed E-state index contributed by atoms with van der Waals surface area (Å²) in [5.41, 5.74) is 2.48. The zero-order valence-electron chi connectivity index (χ0n) is 21.8. The molecule has 0 aliphatic carbocycles. The maximum Gasteiger partial charge on any atom is 0.255 e. The normalized spacial score (nSPS) is 13.8. The summed E-state index contributed by atoms with van der Waals surface area (Å²) in [5.74, 6) is 0.653. The molecule has 2 heterocycles. The minimum atomic E-state index is -3.43. The molecule has 204 valence electrons. The van der Waals surface area contributed by atoms with E-state index >= 15 is 0 Å². The number of sulfonamides is 1. The van der Waals surface area contributed by atoms with E-state index in [1.807, 2.05) is 65.7 Å². The fourth-order valence-corrected chi connectivity index (χ4v) is 7.21. The quantitative estimate of drug-likeness (QED) is 0.199. The summed E-state index contributed by atoms with van der Waals surface area (Å²) < 4.78 is 33.9. The SMILES string of the molecule is CCCOc1ccc(Cl)cc1CN(CCc1ccc(S(=O)(=O)N2CCC2)cc1)C(=O)c1csc2ccccc12. The van der Waals surface area contributed by atoms with Gasteiger partial charge in [0.25, 0.3) is 5.91 Å². The van der Waals surface area contributed by atoms with Gasteiger partial charge in [-0.3, -0.25) is 4.79 Å². The lowest BCUT2D eigenvalue weighted by molar-refractivity contribution is 0.0746. The van der Waals surface area contributed by atoms with Gasteiger partial charge in [-0.1, -0.05) is 48.9 Å². The fraction of sp³-hybridized carbons (Fsp3) is 0.300. The van der Waals surface area contributed by atoms with Crippen LogP contribution in [0.15, 0.2) is 77.0 Å². The van der Waals surface area contributed by atoms with E-state index < -0.39 is 10.0 Å². The molecule has 1 aliphatic rings. The number of halogens is 1. The number of amides is 1. The maximum absolute atomic E-state index is 13.9. The Bertz CT molecular complexity index is 1560. The van der Waals surface area contributed by atoms with Crippen LogP contribution in [0.25, 0.3) is 10.1 Å². The molecule has 0 atom stereocenters. The number of fused-ring (bicyclic) bond motifs is 1. The van der Waals surface area contributed by atoms with Gasteiger partial charge in [0.1, 0.15) is 5.75 Å².